The summed E-state index contributed by atoms with van der Waals surface area (Å²) in [4.78, 5) is 39.1. The minimum atomic E-state index is -1.16. The summed E-state index contributed by atoms with van der Waals surface area (Å²) in [5, 5.41) is 26.4. The number of aliphatic carboxylic acids is 1. The van der Waals surface area contributed by atoms with E-state index < -0.39 is 23.3 Å². The Kier molecular flexibility index (Phi) is 7.41. The van der Waals surface area contributed by atoms with Gasteiger partial charge in [0.2, 0.25) is 11.1 Å². The molecule has 3 atom stereocenters. The highest BCUT2D eigenvalue weighted by Crippen LogP contribution is 2.44. The fourth-order valence-corrected chi connectivity index (χ4v) is 6.61. The number of thioether (sulfide) groups is 2. The second kappa shape index (κ2) is 10.5. The number of aromatic nitrogens is 4. The number of benzene rings is 1. The van der Waals surface area contributed by atoms with Gasteiger partial charge in [-0.2, -0.15) is 0 Å². The molecule has 2 aromatic rings. The van der Waals surface area contributed by atoms with Crippen LogP contribution in [0.1, 0.15) is 31.7 Å². The number of nitrogens with zero attached hydrogens (tertiary/aromatic N) is 4. The molecule has 1 aromatic heterocycles. The fraction of sp³-hybridized carbons (Fsp3) is 0.429. The molecule has 0 bridgehead atoms. The fourth-order valence-electron chi connectivity index (χ4n) is 4.01. The predicted octanol–water partition coefficient (Wildman–Crippen LogP) is 1.41. The number of rotatable bonds is 10. The standard InChI is InChI=1S/C21H25N7O4S2/c1-2-3-8-14(34-21-24-26-27-25-21)12-10-33-19-16(18(30)28(19)17(12)20(31)32)23-15(29)9-11-6-4-5-7-13(11)22/h4-7,14,16,19H,2-3,8-10,22H2,1H3,(H,23,29)(H,31,32)(H,24,25,26,27)/t14?,16?,19-/m0/s1. The molecule has 1 aromatic carbocycles. The SMILES string of the molecule is CCCCC(Sc1nnn[nH]1)C1=C(C(=O)O)N2C(=O)C(NC(=O)Cc3ccccc3N)[C@@H]2SC1. The summed E-state index contributed by atoms with van der Waals surface area (Å²) in [6.07, 6.45) is 2.60. The minimum absolute atomic E-state index is 0.00682. The highest BCUT2D eigenvalue weighted by molar-refractivity contribution is 8.01. The van der Waals surface area contributed by atoms with Gasteiger partial charge >= 0.3 is 5.97 Å². The summed E-state index contributed by atoms with van der Waals surface area (Å²) in [5.41, 5.74) is 7.75. The lowest BCUT2D eigenvalue weighted by Gasteiger charge is -2.50. The molecule has 5 N–H and O–H groups in total. The average Bonchev–Trinajstić information content (AvgIpc) is 3.34. The summed E-state index contributed by atoms with van der Waals surface area (Å²) >= 11 is 2.81. The van der Waals surface area contributed by atoms with E-state index in [4.69, 9.17) is 5.73 Å². The molecular formula is C21H25N7O4S2. The van der Waals surface area contributed by atoms with E-state index >= 15 is 0 Å². The molecular weight excluding hydrogens is 478 g/mol. The van der Waals surface area contributed by atoms with Gasteiger partial charge in [0, 0.05) is 16.7 Å². The number of para-hydroxylation sites is 1. The number of anilines is 1. The number of fused-ring (bicyclic) bond motifs is 1. The first-order valence-electron chi connectivity index (χ1n) is 10.8. The Bertz CT molecular complexity index is 1110. The molecule has 0 saturated carbocycles. The number of nitrogens with two attached hydrogens (primary N) is 1. The summed E-state index contributed by atoms with van der Waals surface area (Å²) in [7, 11) is 0. The van der Waals surface area contributed by atoms with Crippen molar-refractivity contribution in [2.24, 2.45) is 0 Å². The Morgan fingerprint density at radius 1 is 1.41 bits per heavy atom. The third-order valence-corrected chi connectivity index (χ3v) is 8.21. The Labute approximate surface area is 204 Å². The van der Waals surface area contributed by atoms with Gasteiger partial charge in [0.05, 0.1) is 6.42 Å². The Morgan fingerprint density at radius 3 is 2.88 bits per heavy atom. The van der Waals surface area contributed by atoms with Crippen molar-refractivity contribution in [2.45, 2.75) is 54.4 Å². The maximum Gasteiger partial charge on any atom is 0.352 e. The Morgan fingerprint density at radius 2 is 2.21 bits per heavy atom. The lowest BCUT2D eigenvalue weighted by Crippen LogP contribution is -2.70. The van der Waals surface area contributed by atoms with Crippen LogP contribution in [0.2, 0.25) is 0 Å². The third kappa shape index (κ3) is 4.89. The lowest BCUT2D eigenvalue weighted by atomic mass is 9.99. The molecule has 2 amide bonds. The smallest absolute Gasteiger partial charge is 0.352 e. The Hall–Kier alpha value is -3.06. The molecule has 11 nitrogen and oxygen atoms in total. The Balaban J connectivity index is 1.51. The average molecular weight is 504 g/mol. The van der Waals surface area contributed by atoms with Gasteiger partial charge in [-0.15, -0.1) is 16.9 Å². The lowest BCUT2D eigenvalue weighted by molar-refractivity contribution is -0.150. The van der Waals surface area contributed by atoms with Crippen LogP contribution >= 0.6 is 23.5 Å². The maximum absolute atomic E-state index is 13.0. The number of nitrogen functional groups attached to an aromatic ring is 1. The van der Waals surface area contributed by atoms with Gasteiger partial charge in [-0.3, -0.25) is 14.5 Å². The van der Waals surface area contributed by atoms with E-state index in [0.29, 0.717) is 27.7 Å². The molecule has 34 heavy (non-hydrogen) atoms. The number of hydrogen-bond acceptors (Lipinski definition) is 9. The topological polar surface area (TPSA) is 167 Å². The monoisotopic (exact) mass is 503 g/mol. The number of nitrogens with one attached hydrogen (secondary N) is 2. The number of amides is 2. The first kappa shape index (κ1) is 24.1. The van der Waals surface area contributed by atoms with Crippen LogP contribution in [0.5, 0.6) is 0 Å². The number of tetrazole rings is 1. The van der Waals surface area contributed by atoms with Crippen molar-refractivity contribution in [2.75, 3.05) is 11.5 Å². The molecule has 13 heteroatoms. The molecule has 2 aliphatic rings. The van der Waals surface area contributed by atoms with Crippen LogP contribution in [0.3, 0.4) is 0 Å². The van der Waals surface area contributed by atoms with Gasteiger partial charge in [-0.05, 0) is 34.1 Å². The highest BCUT2D eigenvalue weighted by Gasteiger charge is 2.54. The predicted molar refractivity (Wildman–Crippen MR) is 128 cm³/mol. The third-order valence-electron chi connectivity index (χ3n) is 5.71. The van der Waals surface area contributed by atoms with Gasteiger partial charge in [0.25, 0.3) is 5.91 Å². The van der Waals surface area contributed by atoms with Gasteiger partial charge in [0.15, 0.2) is 0 Å². The molecule has 2 unspecified atom stereocenters. The molecule has 0 spiro atoms. The number of H-pyrrole nitrogens is 1. The van der Waals surface area contributed by atoms with Crippen molar-refractivity contribution in [3.05, 3.63) is 41.1 Å². The number of carboxylic acid groups (broad SMARTS) is 1. The van der Waals surface area contributed by atoms with E-state index in [-0.39, 0.29) is 23.3 Å². The zero-order chi connectivity index (χ0) is 24.2. The van der Waals surface area contributed by atoms with Crippen LogP contribution in [-0.4, -0.2) is 70.8 Å². The molecule has 0 radical (unpaired) electrons. The van der Waals surface area contributed by atoms with Crippen molar-refractivity contribution in [1.82, 2.24) is 30.8 Å². The van der Waals surface area contributed by atoms with Crippen molar-refractivity contribution >= 4 is 47.0 Å². The first-order valence-corrected chi connectivity index (χ1v) is 12.8. The number of unbranched alkanes of at least 4 members (excludes halogenated alkanes) is 1. The number of carbonyl (C=O) groups excluding carboxylic acids is 2. The molecule has 2 aliphatic heterocycles. The summed E-state index contributed by atoms with van der Waals surface area (Å²) < 4.78 is 0. The van der Waals surface area contributed by atoms with E-state index in [2.05, 4.69) is 32.9 Å². The molecule has 3 heterocycles. The number of β-lactam (4-membered cyclic amide) rings is 1. The van der Waals surface area contributed by atoms with E-state index in [9.17, 15) is 19.5 Å². The number of carboxylic acids is 1. The van der Waals surface area contributed by atoms with Crippen LogP contribution < -0.4 is 11.1 Å². The van der Waals surface area contributed by atoms with Gasteiger partial charge in [0.1, 0.15) is 17.1 Å². The van der Waals surface area contributed by atoms with Crippen LogP contribution in [0.25, 0.3) is 0 Å². The minimum Gasteiger partial charge on any atom is -0.477 e. The highest BCUT2D eigenvalue weighted by atomic mass is 32.2. The van der Waals surface area contributed by atoms with E-state index in [1.807, 2.05) is 0 Å². The van der Waals surface area contributed by atoms with Crippen LogP contribution in [-0.2, 0) is 20.8 Å². The van der Waals surface area contributed by atoms with E-state index in [1.54, 1.807) is 24.3 Å². The van der Waals surface area contributed by atoms with Crippen molar-refractivity contribution in [3.63, 3.8) is 0 Å². The number of carbonyl (C=O) groups is 3. The second-order valence-corrected chi connectivity index (χ2v) is 10.3. The maximum atomic E-state index is 13.0. The van der Waals surface area contributed by atoms with Gasteiger partial charge in [-0.1, -0.05) is 49.7 Å². The van der Waals surface area contributed by atoms with Gasteiger partial charge < -0.3 is 16.2 Å². The van der Waals surface area contributed by atoms with Crippen LogP contribution in [0.15, 0.2) is 40.7 Å². The molecule has 4 rings (SSSR count). The summed E-state index contributed by atoms with van der Waals surface area (Å²) in [5.74, 6) is -1.50. The summed E-state index contributed by atoms with van der Waals surface area (Å²) in [6.45, 7) is 2.06. The molecule has 0 aliphatic carbocycles. The normalized spacial score (nSPS) is 20.5. The van der Waals surface area contributed by atoms with Gasteiger partial charge in [-0.25, -0.2) is 9.89 Å². The molecule has 1 saturated heterocycles. The largest absolute Gasteiger partial charge is 0.477 e. The quantitative estimate of drug-likeness (QED) is 0.211. The van der Waals surface area contributed by atoms with Crippen LogP contribution in [0.4, 0.5) is 5.69 Å². The first-order chi connectivity index (χ1) is 16.4. The second-order valence-electron chi connectivity index (χ2n) is 7.96. The van der Waals surface area contributed by atoms with E-state index in [0.717, 1.165) is 19.3 Å². The van der Waals surface area contributed by atoms with E-state index in [1.165, 1.54) is 28.4 Å². The van der Waals surface area contributed by atoms with Crippen molar-refractivity contribution < 1.29 is 19.5 Å². The zero-order valence-electron chi connectivity index (χ0n) is 18.4. The zero-order valence-corrected chi connectivity index (χ0v) is 20.1. The van der Waals surface area contributed by atoms with Crippen LogP contribution in [0, 0.1) is 0 Å². The molecule has 180 valence electrons. The van der Waals surface area contributed by atoms with Crippen molar-refractivity contribution in [3.8, 4) is 0 Å². The van der Waals surface area contributed by atoms with Crippen molar-refractivity contribution in [1.29, 1.82) is 0 Å². The number of aromatic amines is 1. The summed E-state index contributed by atoms with van der Waals surface area (Å²) in [6, 6.07) is 6.27. The molecule has 1 fully saturated rings. The number of hydrogen-bond donors (Lipinski definition) is 4.